The van der Waals surface area contributed by atoms with E-state index in [1.807, 2.05) is 12.1 Å². The van der Waals surface area contributed by atoms with Crippen molar-refractivity contribution >= 4 is 18.1 Å². The molecular weight excluding hydrogens is 288 g/mol. The summed E-state index contributed by atoms with van der Waals surface area (Å²) in [5, 5.41) is 10.8. The third-order valence-electron chi connectivity index (χ3n) is 3.74. The van der Waals surface area contributed by atoms with Gasteiger partial charge < -0.3 is 0 Å². The van der Waals surface area contributed by atoms with Crippen LogP contribution in [0.3, 0.4) is 0 Å². The highest BCUT2D eigenvalue weighted by molar-refractivity contribution is 5.85. The van der Waals surface area contributed by atoms with Gasteiger partial charge in [-0.3, -0.25) is 15.0 Å². The maximum atomic E-state index is 10.8. The quantitative estimate of drug-likeness (QED) is 0.643. The predicted molar refractivity (Wildman–Crippen MR) is 84.6 cm³/mol. The highest BCUT2D eigenvalue weighted by Crippen LogP contribution is 2.24. The number of fused-ring (bicyclic) bond motifs is 1. The lowest BCUT2D eigenvalue weighted by Crippen LogP contribution is -2.30. The van der Waals surface area contributed by atoms with Crippen LogP contribution in [0.1, 0.15) is 16.7 Å². The van der Waals surface area contributed by atoms with Gasteiger partial charge in [-0.25, -0.2) is 0 Å². The highest BCUT2D eigenvalue weighted by Gasteiger charge is 2.18. The van der Waals surface area contributed by atoms with E-state index in [1.165, 1.54) is 11.1 Å². The van der Waals surface area contributed by atoms with Gasteiger partial charge in [-0.1, -0.05) is 36.4 Å². The SMILES string of the molecule is Cl.O=[N+]([O-])c1ccc2c(c1)CCN(Cc1ccccc1)C2. The molecule has 0 unspecified atom stereocenters. The Bertz CT molecular complexity index is 631. The molecule has 2 aromatic rings. The molecule has 1 aliphatic heterocycles. The van der Waals surface area contributed by atoms with Crippen molar-refractivity contribution in [1.29, 1.82) is 0 Å². The van der Waals surface area contributed by atoms with E-state index in [0.29, 0.717) is 0 Å². The number of benzene rings is 2. The van der Waals surface area contributed by atoms with Gasteiger partial charge in [-0.05, 0) is 23.1 Å². The summed E-state index contributed by atoms with van der Waals surface area (Å²) in [6.45, 7) is 2.74. The van der Waals surface area contributed by atoms with Crippen molar-refractivity contribution in [3.05, 3.63) is 75.3 Å². The Hall–Kier alpha value is -1.91. The summed E-state index contributed by atoms with van der Waals surface area (Å²) in [6.07, 6.45) is 0.879. The number of non-ortho nitro benzene ring substituents is 1. The molecule has 0 bridgehead atoms. The Morgan fingerprint density at radius 1 is 1.10 bits per heavy atom. The largest absolute Gasteiger partial charge is 0.294 e. The molecule has 110 valence electrons. The Morgan fingerprint density at radius 3 is 2.57 bits per heavy atom. The highest BCUT2D eigenvalue weighted by atomic mass is 35.5. The fourth-order valence-corrected chi connectivity index (χ4v) is 2.69. The zero-order valence-corrected chi connectivity index (χ0v) is 12.4. The Labute approximate surface area is 130 Å². The number of rotatable bonds is 3. The van der Waals surface area contributed by atoms with Gasteiger partial charge in [0.15, 0.2) is 0 Å². The molecule has 5 heteroatoms. The van der Waals surface area contributed by atoms with Crippen molar-refractivity contribution in [2.24, 2.45) is 0 Å². The number of halogens is 1. The van der Waals surface area contributed by atoms with Gasteiger partial charge in [-0.15, -0.1) is 12.4 Å². The molecule has 0 saturated heterocycles. The molecule has 0 fully saturated rings. The van der Waals surface area contributed by atoms with E-state index in [0.717, 1.165) is 31.6 Å². The number of nitro groups is 1. The lowest BCUT2D eigenvalue weighted by atomic mass is 9.98. The molecule has 21 heavy (non-hydrogen) atoms. The van der Waals surface area contributed by atoms with Gasteiger partial charge in [0.1, 0.15) is 0 Å². The minimum Gasteiger partial charge on any atom is -0.294 e. The minimum atomic E-state index is -0.323. The van der Waals surface area contributed by atoms with Crippen LogP contribution in [0.2, 0.25) is 0 Å². The van der Waals surface area contributed by atoms with Crippen molar-refractivity contribution in [3.8, 4) is 0 Å². The van der Waals surface area contributed by atoms with Crippen LogP contribution in [0, 0.1) is 10.1 Å². The number of nitro benzene ring substituents is 1. The number of hydrogen-bond donors (Lipinski definition) is 0. The Kier molecular flexibility index (Phi) is 4.94. The van der Waals surface area contributed by atoms with Gasteiger partial charge >= 0.3 is 0 Å². The third-order valence-corrected chi connectivity index (χ3v) is 3.74. The first kappa shape index (κ1) is 15.5. The second-order valence-corrected chi connectivity index (χ2v) is 5.16. The van der Waals surface area contributed by atoms with E-state index >= 15 is 0 Å². The zero-order valence-electron chi connectivity index (χ0n) is 11.6. The van der Waals surface area contributed by atoms with E-state index in [2.05, 4.69) is 29.2 Å². The molecule has 0 amide bonds. The second kappa shape index (κ2) is 6.70. The topological polar surface area (TPSA) is 46.4 Å². The van der Waals surface area contributed by atoms with Gasteiger partial charge in [0.2, 0.25) is 0 Å². The van der Waals surface area contributed by atoms with E-state index in [9.17, 15) is 10.1 Å². The molecule has 0 aliphatic carbocycles. The molecule has 0 atom stereocenters. The van der Waals surface area contributed by atoms with E-state index in [1.54, 1.807) is 12.1 Å². The van der Waals surface area contributed by atoms with Crippen molar-refractivity contribution in [2.45, 2.75) is 19.5 Å². The van der Waals surface area contributed by atoms with Crippen LogP contribution in [0.25, 0.3) is 0 Å². The molecule has 0 spiro atoms. The Morgan fingerprint density at radius 2 is 1.86 bits per heavy atom. The average molecular weight is 305 g/mol. The Balaban J connectivity index is 0.00000161. The second-order valence-electron chi connectivity index (χ2n) is 5.16. The van der Waals surface area contributed by atoms with Gasteiger partial charge in [0.25, 0.3) is 5.69 Å². The van der Waals surface area contributed by atoms with Crippen molar-refractivity contribution in [1.82, 2.24) is 4.90 Å². The standard InChI is InChI=1S/C16H16N2O2.ClH/c19-18(20)16-7-6-15-12-17(9-8-14(15)10-16)11-13-4-2-1-3-5-13;/h1-7,10H,8-9,11-12H2;1H. The maximum Gasteiger partial charge on any atom is 0.269 e. The fourth-order valence-electron chi connectivity index (χ4n) is 2.69. The van der Waals surface area contributed by atoms with Gasteiger partial charge in [-0.2, -0.15) is 0 Å². The van der Waals surface area contributed by atoms with Crippen molar-refractivity contribution in [3.63, 3.8) is 0 Å². The molecule has 2 aromatic carbocycles. The summed E-state index contributed by atoms with van der Waals surface area (Å²) in [5.74, 6) is 0. The van der Waals surface area contributed by atoms with E-state index < -0.39 is 0 Å². The maximum absolute atomic E-state index is 10.8. The van der Waals surface area contributed by atoms with Crippen LogP contribution in [0.5, 0.6) is 0 Å². The van der Waals surface area contributed by atoms with Crippen LogP contribution in [-0.4, -0.2) is 16.4 Å². The number of hydrogen-bond acceptors (Lipinski definition) is 3. The monoisotopic (exact) mass is 304 g/mol. The van der Waals surface area contributed by atoms with E-state index in [4.69, 9.17) is 0 Å². The van der Waals surface area contributed by atoms with Crippen molar-refractivity contribution in [2.75, 3.05) is 6.54 Å². The van der Waals surface area contributed by atoms with E-state index in [-0.39, 0.29) is 23.0 Å². The van der Waals surface area contributed by atoms with Crippen LogP contribution in [0.15, 0.2) is 48.5 Å². The number of nitrogens with zero attached hydrogens (tertiary/aromatic N) is 2. The summed E-state index contributed by atoms with van der Waals surface area (Å²) in [4.78, 5) is 12.8. The first-order valence-electron chi connectivity index (χ1n) is 6.75. The van der Waals surface area contributed by atoms with Crippen LogP contribution < -0.4 is 0 Å². The van der Waals surface area contributed by atoms with Crippen LogP contribution in [0.4, 0.5) is 5.69 Å². The van der Waals surface area contributed by atoms with Gasteiger partial charge in [0.05, 0.1) is 4.92 Å². The predicted octanol–water partition coefficient (Wildman–Crippen LogP) is 3.57. The first-order chi connectivity index (χ1) is 9.72. The summed E-state index contributed by atoms with van der Waals surface area (Å²) >= 11 is 0. The van der Waals surface area contributed by atoms with Crippen molar-refractivity contribution < 1.29 is 4.92 Å². The molecule has 3 rings (SSSR count). The molecule has 0 aromatic heterocycles. The smallest absolute Gasteiger partial charge is 0.269 e. The molecule has 0 saturated carbocycles. The first-order valence-corrected chi connectivity index (χ1v) is 6.75. The summed E-state index contributed by atoms with van der Waals surface area (Å²) in [6, 6.07) is 15.6. The summed E-state index contributed by atoms with van der Waals surface area (Å²) in [5.41, 5.74) is 3.82. The third kappa shape index (κ3) is 3.60. The zero-order chi connectivity index (χ0) is 13.9. The molecule has 0 N–H and O–H groups in total. The van der Waals surface area contributed by atoms with Gasteiger partial charge in [0, 0.05) is 31.8 Å². The summed E-state index contributed by atoms with van der Waals surface area (Å²) < 4.78 is 0. The summed E-state index contributed by atoms with van der Waals surface area (Å²) in [7, 11) is 0. The molecule has 1 heterocycles. The lowest BCUT2D eigenvalue weighted by molar-refractivity contribution is -0.384. The molecule has 0 radical (unpaired) electrons. The minimum absolute atomic E-state index is 0. The average Bonchev–Trinajstić information content (AvgIpc) is 2.47. The van der Waals surface area contributed by atoms with Crippen LogP contribution >= 0.6 is 12.4 Å². The lowest BCUT2D eigenvalue weighted by Gasteiger charge is -2.28. The normalized spacial score (nSPS) is 14.1. The molecule has 4 nitrogen and oxygen atoms in total. The molecule has 1 aliphatic rings. The van der Waals surface area contributed by atoms with Crippen LogP contribution in [-0.2, 0) is 19.5 Å². The molecular formula is C16H17ClN2O2. The fraction of sp³-hybridized carbons (Fsp3) is 0.250.